The summed E-state index contributed by atoms with van der Waals surface area (Å²) in [6.07, 6.45) is 1.34. The Morgan fingerprint density at radius 2 is 1.92 bits per heavy atom. The van der Waals surface area contributed by atoms with Crippen LogP contribution in [-0.4, -0.2) is 16.8 Å². The summed E-state index contributed by atoms with van der Waals surface area (Å²) in [5.41, 5.74) is 0.191. The molecule has 0 saturated heterocycles. The molecule has 1 atom stereocenters. The van der Waals surface area contributed by atoms with E-state index in [1.165, 1.54) is 12.4 Å². The van der Waals surface area contributed by atoms with E-state index in [9.17, 15) is 4.39 Å². The lowest BCUT2D eigenvalue weighted by molar-refractivity contribution is 0.142. The van der Waals surface area contributed by atoms with Crippen molar-refractivity contribution in [2.24, 2.45) is 0 Å². The van der Waals surface area contributed by atoms with Crippen molar-refractivity contribution in [3.8, 4) is 0 Å². The number of halogens is 3. The molecule has 0 bridgehead atoms. The van der Waals surface area contributed by atoms with E-state index >= 15 is 0 Å². The molecule has 1 N–H and O–H groups in total. The molecule has 0 aliphatic rings. The SMILES string of the molecule is OC(CF)c1c(Cl)cncc1Cl. The van der Waals surface area contributed by atoms with Crippen LogP contribution in [0.2, 0.25) is 10.0 Å². The Kier molecular flexibility index (Phi) is 3.26. The van der Waals surface area contributed by atoms with E-state index in [-0.39, 0.29) is 15.6 Å². The summed E-state index contributed by atoms with van der Waals surface area (Å²) < 4.78 is 12.0. The summed E-state index contributed by atoms with van der Waals surface area (Å²) in [7, 11) is 0. The standard InChI is InChI=1S/C7H6Cl2FNO/c8-4-2-11-3-5(9)7(4)6(12)1-10/h2-3,6,12H,1H2. The van der Waals surface area contributed by atoms with Crippen LogP contribution in [0.5, 0.6) is 0 Å². The van der Waals surface area contributed by atoms with Gasteiger partial charge in [-0.1, -0.05) is 23.2 Å². The van der Waals surface area contributed by atoms with Gasteiger partial charge in [0.25, 0.3) is 0 Å². The Morgan fingerprint density at radius 1 is 1.42 bits per heavy atom. The van der Waals surface area contributed by atoms with E-state index in [2.05, 4.69) is 4.98 Å². The van der Waals surface area contributed by atoms with Gasteiger partial charge in [0.05, 0.1) is 10.0 Å². The number of pyridine rings is 1. The van der Waals surface area contributed by atoms with Crippen molar-refractivity contribution >= 4 is 23.2 Å². The fourth-order valence-electron chi connectivity index (χ4n) is 0.817. The molecular weight excluding hydrogens is 204 g/mol. The monoisotopic (exact) mass is 209 g/mol. The molecule has 0 aromatic carbocycles. The van der Waals surface area contributed by atoms with Gasteiger partial charge < -0.3 is 5.11 Å². The largest absolute Gasteiger partial charge is 0.386 e. The lowest BCUT2D eigenvalue weighted by atomic mass is 10.2. The zero-order chi connectivity index (χ0) is 9.14. The average Bonchev–Trinajstić information content (AvgIpc) is 2.03. The predicted octanol–water partition coefficient (Wildman–Crippen LogP) is 2.39. The number of hydrogen-bond donors (Lipinski definition) is 1. The maximum Gasteiger partial charge on any atom is 0.120 e. The average molecular weight is 210 g/mol. The molecule has 2 nitrogen and oxygen atoms in total. The van der Waals surface area contributed by atoms with Crippen molar-refractivity contribution in [1.82, 2.24) is 4.98 Å². The second-order valence-corrected chi connectivity index (χ2v) is 3.00. The number of hydrogen-bond acceptors (Lipinski definition) is 2. The van der Waals surface area contributed by atoms with E-state index in [1.807, 2.05) is 0 Å². The Morgan fingerprint density at radius 3 is 2.33 bits per heavy atom. The zero-order valence-corrected chi connectivity index (χ0v) is 7.48. The lowest BCUT2D eigenvalue weighted by Crippen LogP contribution is -2.01. The van der Waals surface area contributed by atoms with Crippen LogP contribution in [0, 0.1) is 0 Å². The smallest absolute Gasteiger partial charge is 0.120 e. The molecule has 0 fully saturated rings. The number of aliphatic hydroxyl groups is 1. The third kappa shape index (κ3) is 1.86. The maximum absolute atomic E-state index is 12.0. The van der Waals surface area contributed by atoms with Gasteiger partial charge in [-0.25, -0.2) is 4.39 Å². The van der Waals surface area contributed by atoms with E-state index < -0.39 is 12.8 Å². The predicted molar refractivity (Wildman–Crippen MR) is 45.2 cm³/mol. The van der Waals surface area contributed by atoms with Gasteiger partial charge in [-0.3, -0.25) is 4.98 Å². The Hall–Kier alpha value is -0.380. The van der Waals surface area contributed by atoms with Gasteiger partial charge in [-0.05, 0) is 0 Å². The summed E-state index contributed by atoms with van der Waals surface area (Å²) in [5.74, 6) is 0. The van der Waals surface area contributed by atoms with Gasteiger partial charge in [0.15, 0.2) is 0 Å². The molecule has 5 heteroatoms. The second kappa shape index (κ2) is 4.03. The van der Waals surface area contributed by atoms with Gasteiger partial charge in [-0.15, -0.1) is 0 Å². The second-order valence-electron chi connectivity index (χ2n) is 2.19. The van der Waals surface area contributed by atoms with Crippen LogP contribution in [0.3, 0.4) is 0 Å². The molecule has 1 aromatic heterocycles. The Balaban J connectivity index is 3.12. The van der Waals surface area contributed by atoms with E-state index in [0.29, 0.717) is 0 Å². The van der Waals surface area contributed by atoms with Gasteiger partial charge in [-0.2, -0.15) is 0 Å². The molecule has 1 aromatic rings. The third-order valence-electron chi connectivity index (χ3n) is 1.37. The van der Waals surface area contributed by atoms with E-state index in [0.717, 1.165) is 0 Å². The lowest BCUT2D eigenvalue weighted by Gasteiger charge is -2.09. The number of alkyl halides is 1. The van der Waals surface area contributed by atoms with E-state index in [4.69, 9.17) is 28.3 Å². The van der Waals surface area contributed by atoms with Crippen molar-refractivity contribution in [1.29, 1.82) is 0 Å². The third-order valence-corrected chi connectivity index (χ3v) is 1.97. The first-order valence-electron chi connectivity index (χ1n) is 3.19. The van der Waals surface area contributed by atoms with Gasteiger partial charge in [0, 0.05) is 18.0 Å². The normalized spacial score (nSPS) is 13.0. The molecule has 1 heterocycles. The van der Waals surface area contributed by atoms with E-state index in [1.54, 1.807) is 0 Å². The van der Waals surface area contributed by atoms with Crippen molar-refractivity contribution in [2.75, 3.05) is 6.67 Å². The number of rotatable bonds is 2. The zero-order valence-electron chi connectivity index (χ0n) is 5.97. The summed E-state index contributed by atoms with van der Waals surface area (Å²) in [4.78, 5) is 3.66. The van der Waals surface area contributed by atoms with Gasteiger partial charge in [0.2, 0.25) is 0 Å². The van der Waals surface area contributed by atoms with Crippen molar-refractivity contribution < 1.29 is 9.50 Å². The van der Waals surface area contributed by atoms with Gasteiger partial charge >= 0.3 is 0 Å². The molecule has 0 radical (unpaired) electrons. The molecule has 0 spiro atoms. The molecule has 0 amide bonds. The molecule has 0 aliphatic carbocycles. The summed E-state index contributed by atoms with van der Waals surface area (Å²) in [6.45, 7) is -0.913. The molecule has 12 heavy (non-hydrogen) atoms. The first kappa shape index (κ1) is 9.71. The summed E-state index contributed by atoms with van der Waals surface area (Å²) in [5, 5.41) is 9.47. The molecule has 0 aliphatic heterocycles. The molecule has 0 saturated carbocycles. The molecular formula is C7H6Cl2FNO. The highest BCUT2D eigenvalue weighted by molar-refractivity contribution is 6.35. The van der Waals surface area contributed by atoms with Crippen molar-refractivity contribution in [2.45, 2.75) is 6.10 Å². The van der Waals surface area contributed by atoms with Crippen LogP contribution in [-0.2, 0) is 0 Å². The van der Waals surface area contributed by atoms with Crippen LogP contribution >= 0.6 is 23.2 Å². The fourth-order valence-corrected chi connectivity index (χ4v) is 1.43. The van der Waals surface area contributed by atoms with Crippen LogP contribution in [0.1, 0.15) is 11.7 Å². The van der Waals surface area contributed by atoms with Crippen LogP contribution in [0.25, 0.3) is 0 Å². The van der Waals surface area contributed by atoms with Gasteiger partial charge in [0.1, 0.15) is 12.8 Å². The number of aromatic nitrogens is 1. The summed E-state index contributed by atoms with van der Waals surface area (Å²) in [6, 6.07) is 0. The maximum atomic E-state index is 12.0. The topological polar surface area (TPSA) is 33.1 Å². The summed E-state index contributed by atoms with van der Waals surface area (Å²) >= 11 is 11.3. The number of nitrogens with zero attached hydrogens (tertiary/aromatic N) is 1. The fraction of sp³-hybridized carbons (Fsp3) is 0.286. The van der Waals surface area contributed by atoms with Crippen molar-refractivity contribution in [3.63, 3.8) is 0 Å². The minimum atomic E-state index is -1.27. The highest BCUT2D eigenvalue weighted by atomic mass is 35.5. The molecule has 1 unspecified atom stereocenters. The first-order valence-corrected chi connectivity index (χ1v) is 3.95. The molecule has 1 rings (SSSR count). The minimum absolute atomic E-state index is 0.174. The minimum Gasteiger partial charge on any atom is -0.386 e. The Bertz CT molecular complexity index is 262. The highest BCUT2D eigenvalue weighted by Crippen LogP contribution is 2.29. The Labute approximate surface area is 78.9 Å². The number of aliphatic hydroxyl groups excluding tert-OH is 1. The van der Waals surface area contributed by atoms with Crippen LogP contribution < -0.4 is 0 Å². The highest BCUT2D eigenvalue weighted by Gasteiger charge is 2.14. The quantitative estimate of drug-likeness (QED) is 0.812. The van der Waals surface area contributed by atoms with Crippen LogP contribution in [0.4, 0.5) is 4.39 Å². The van der Waals surface area contributed by atoms with Crippen molar-refractivity contribution in [3.05, 3.63) is 28.0 Å². The first-order chi connectivity index (χ1) is 5.66. The van der Waals surface area contributed by atoms with Crippen LogP contribution in [0.15, 0.2) is 12.4 Å². The molecule has 66 valence electrons.